The van der Waals surface area contributed by atoms with Crippen molar-refractivity contribution in [3.05, 3.63) is 45.3 Å². The smallest absolute Gasteiger partial charge is 0.339 e. The summed E-state index contributed by atoms with van der Waals surface area (Å²) in [4.78, 5) is 4.61. The van der Waals surface area contributed by atoms with Gasteiger partial charge in [0.15, 0.2) is 0 Å². The number of nitrogens with zero attached hydrogens (tertiary/aromatic N) is 4. The Balaban J connectivity index is 1.81. The molecule has 0 spiro atoms. The van der Waals surface area contributed by atoms with Crippen LogP contribution in [0.2, 0.25) is 5.02 Å². The van der Waals surface area contributed by atoms with Crippen LogP contribution >= 0.6 is 22.9 Å². The molecule has 0 aliphatic heterocycles. The number of halogens is 4. The summed E-state index contributed by atoms with van der Waals surface area (Å²) < 4.78 is 41.4. The molecule has 1 atom stereocenters. The van der Waals surface area contributed by atoms with Crippen LogP contribution in [0.5, 0.6) is 0 Å². The van der Waals surface area contributed by atoms with Gasteiger partial charge in [-0.15, -0.1) is 11.3 Å². The molecule has 0 aromatic carbocycles. The van der Waals surface area contributed by atoms with Crippen LogP contribution in [-0.2, 0) is 13.0 Å². The Kier molecular flexibility index (Phi) is 5.16. The lowest BCUT2D eigenvalue weighted by molar-refractivity contribution is -0.141. The molecule has 140 valence electrons. The minimum absolute atomic E-state index is 0.0826. The Hall–Kier alpha value is -1.80. The van der Waals surface area contributed by atoms with Crippen LogP contribution in [-0.4, -0.2) is 25.5 Å². The molecule has 4 nitrogen and oxygen atoms in total. The molecule has 3 rings (SSSR count). The van der Waals surface area contributed by atoms with Gasteiger partial charge in [0.1, 0.15) is 6.54 Å². The first-order valence-corrected chi connectivity index (χ1v) is 9.27. The molecule has 3 aromatic rings. The minimum atomic E-state index is -4.25. The van der Waals surface area contributed by atoms with Crippen LogP contribution in [0.25, 0.3) is 11.3 Å². The number of hydrogen-bond acceptors (Lipinski definition) is 3. The monoisotopic (exact) mass is 402 g/mol. The second kappa shape index (κ2) is 7.08. The molecule has 0 saturated carbocycles. The number of aryl methyl sites for hydroxylation is 1. The average molecular weight is 403 g/mol. The summed E-state index contributed by atoms with van der Waals surface area (Å²) in [5.41, 5.74) is 2.59. The highest BCUT2D eigenvalue weighted by Gasteiger charge is 2.30. The average Bonchev–Trinajstić information content (AvgIpc) is 3.22. The van der Waals surface area contributed by atoms with E-state index in [1.54, 1.807) is 37.0 Å². The normalized spacial score (nSPS) is 13.3. The number of thiazole rings is 1. The molecule has 0 aliphatic carbocycles. The van der Waals surface area contributed by atoms with E-state index >= 15 is 0 Å². The molecule has 0 radical (unpaired) electrons. The summed E-state index contributed by atoms with van der Waals surface area (Å²) in [6.07, 6.45) is -0.240. The third-order valence-electron chi connectivity index (χ3n) is 4.23. The van der Waals surface area contributed by atoms with E-state index in [1.807, 2.05) is 12.3 Å². The van der Waals surface area contributed by atoms with Gasteiger partial charge in [0, 0.05) is 34.9 Å². The van der Waals surface area contributed by atoms with E-state index in [9.17, 15) is 13.2 Å². The van der Waals surface area contributed by atoms with Crippen LogP contribution in [0.15, 0.2) is 23.8 Å². The van der Waals surface area contributed by atoms with Gasteiger partial charge in [-0.2, -0.15) is 18.3 Å². The maximum atomic E-state index is 12.8. The molecule has 0 saturated heterocycles. The van der Waals surface area contributed by atoms with Crippen LogP contribution in [0.3, 0.4) is 0 Å². The van der Waals surface area contributed by atoms with Gasteiger partial charge in [0.25, 0.3) is 0 Å². The quantitative estimate of drug-likeness (QED) is 0.569. The van der Waals surface area contributed by atoms with E-state index in [1.165, 1.54) is 15.9 Å². The lowest BCUT2D eigenvalue weighted by Crippen LogP contribution is -2.19. The number of alkyl halides is 3. The summed E-state index contributed by atoms with van der Waals surface area (Å²) >= 11 is 7.39. The van der Waals surface area contributed by atoms with Crippen molar-refractivity contribution in [3.8, 4) is 11.3 Å². The SMILES string of the molecule is Cc1cc(-c2csc(CC(C)n3cc(Cl)cn3)n2)c(C)n1CC(F)(F)F. The lowest BCUT2D eigenvalue weighted by atomic mass is 10.2. The number of aromatic nitrogens is 4. The van der Waals surface area contributed by atoms with Gasteiger partial charge in [-0.3, -0.25) is 4.68 Å². The Labute approximate surface area is 158 Å². The van der Waals surface area contributed by atoms with Gasteiger partial charge in [-0.1, -0.05) is 11.6 Å². The molecule has 26 heavy (non-hydrogen) atoms. The van der Waals surface area contributed by atoms with Crippen molar-refractivity contribution in [1.29, 1.82) is 0 Å². The third kappa shape index (κ3) is 4.12. The second-order valence-corrected chi connectivity index (χ2v) is 7.68. The van der Waals surface area contributed by atoms with Crippen LogP contribution in [0, 0.1) is 13.8 Å². The Morgan fingerprint density at radius 2 is 2.04 bits per heavy atom. The standard InChI is InChI=1S/C17H18ClF3N4S/c1-10-4-14(12(3)24(10)9-17(19,20)21)15-8-26-16(23-15)5-11(2)25-7-13(18)6-22-25/h4,6-8,11H,5,9H2,1-3H3. The highest BCUT2D eigenvalue weighted by molar-refractivity contribution is 7.09. The molecule has 9 heteroatoms. The molecule has 3 heterocycles. The Morgan fingerprint density at radius 1 is 1.31 bits per heavy atom. The van der Waals surface area contributed by atoms with E-state index in [4.69, 9.17) is 11.6 Å². The van der Waals surface area contributed by atoms with E-state index in [-0.39, 0.29) is 6.04 Å². The van der Waals surface area contributed by atoms with Crippen molar-refractivity contribution >= 4 is 22.9 Å². The second-order valence-electron chi connectivity index (χ2n) is 6.30. The highest BCUT2D eigenvalue weighted by Crippen LogP contribution is 2.31. The summed E-state index contributed by atoms with van der Waals surface area (Å²) in [6.45, 7) is 4.40. The highest BCUT2D eigenvalue weighted by atomic mass is 35.5. The zero-order valence-electron chi connectivity index (χ0n) is 14.5. The van der Waals surface area contributed by atoms with E-state index < -0.39 is 12.7 Å². The molecule has 0 N–H and O–H groups in total. The molecule has 0 fully saturated rings. The molecule has 3 aromatic heterocycles. The first-order valence-electron chi connectivity index (χ1n) is 8.02. The summed E-state index contributed by atoms with van der Waals surface area (Å²) in [5, 5.41) is 7.56. The fraction of sp³-hybridized carbons (Fsp3) is 0.412. The minimum Gasteiger partial charge on any atom is -0.339 e. The number of rotatable bonds is 5. The summed E-state index contributed by atoms with van der Waals surface area (Å²) in [7, 11) is 0. The van der Waals surface area contributed by atoms with Crippen molar-refractivity contribution in [3.63, 3.8) is 0 Å². The Morgan fingerprint density at radius 3 is 2.65 bits per heavy atom. The van der Waals surface area contributed by atoms with Crippen LogP contribution in [0.4, 0.5) is 13.2 Å². The number of hydrogen-bond donors (Lipinski definition) is 0. The molecule has 0 aliphatic rings. The van der Waals surface area contributed by atoms with Gasteiger partial charge in [-0.05, 0) is 26.8 Å². The molecule has 0 amide bonds. The van der Waals surface area contributed by atoms with Gasteiger partial charge >= 0.3 is 6.18 Å². The maximum absolute atomic E-state index is 12.8. The van der Waals surface area contributed by atoms with E-state index in [0.717, 1.165) is 10.6 Å². The predicted molar refractivity (Wildman–Crippen MR) is 96.7 cm³/mol. The molecular formula is C17H18ClF3N4S. The first kappa shape index (κ1) is 19.0. The van der Waals surface area contributed by atoms with Crippen LogP contribution in [0.1, 0.15) is 29.4 Å². The fourth-order valence-electron chi connectivity index (χ4n) is 2.91. The fourth-order valence-corrected chi connectivity index (χ4v) is 3.97. The van der Waals surface area contributed by atoms with Crippen molar-refractivity contribution in [2.75, 3.05) is 0 Å². The maximum Gasteiger partial charge on any atom is 0.406 e. The van der Waals surface area contributed by atoms with Crippen LogP contribution < -0.4 is 0 Å². The molecule has 0 bridgehead atoms. The largest absolute Gasteiger partial charge is 0.406 e. The third-order valence-corrected chi connectivity index (χ3v) is 5.30. The zero-order valence-corrected chi connectivity index (χ0v) is 16.1. The van der Waals surface area contributed by atoms with Crippen molar-refractivity contribution in [2.24, 2.45) is 0 Å². The Bertz CT molecular complexity index is 910. The molecular weight excluding hydrogens is 385 g/mol. The summed E-state index contributed by atoms with van der Waals surface area (Å²) in [5.74, 6) is 0. The lowest BCUT2D eigenvalue weighted by Gasteiger charge is -2.12. The van der Waals surface area contributed by atoms with Crippen molar-refractivity contribution in [1.82, 2.24) is 19.3 Å². The van der Waals surface area contributed by atoms with Crippen molar-refractivity contribution < 1.29 is 13.2 Å². The molecule has 1 unspecified atom stereocenters. The van der Waals surface area contributed by atoms with Gasteiger partial charge in [0.05, 0.1) is 28.0 Å². The first-order chi connectivity index (χ1) is 12.1. The van der Waals surface area contributed by atoms with Gasteiger partial charge in [0.2, 0.25) is 0 Å². The van der Waals surface area contributed by atoms with E-state index in [2.05, 4.69) is 10.1 Å². The van der Waals surface area contributed by atoms with Crippen molar-refractivity contribution in [2.45, 2.75) is 46.0 Å². The summed E-state index contributed by atoms with van der Waals surface area (Å²) in [6, 6.07) is 1.84. The van der Waals surface area contributed by atoms with E-state index in [0.29, 0.717) is 28.5 Å². The van der Waals surface area contributed by atoms with Gasteiger partial charge in [-0.25, -0.2) is 4.98 Å². The zero-order chi connectivity index (χ0) is 19.1. The van der Waals surface area contributed by atoms with Gasteiger partial charge < -0.3 is 4.57 Å². The predicted octanol–water partition coefficient (Wildman–Crippen LogP) is 5.44. The topological polar surface area (TPSA) is 35.6 Å².